The van der Waals surface area contributed by atoms with Crippen molar-refractivity contribution in [1.29, 1.82) is 0 Å². The van der Waals surface area contributed by atoms with Crippen molar-refractivity contribution in [2.45, 2.75) is 0 Å². The van der Waals surface area contributed by atoms with Crippen LogP contribution in [0, 0.1) is 10.1 Å². The van der Waals surface area contributed by atoms with Crippen LogP contribution in [0.1, 0.15) is 0 Å². The van der Waals surface area contributed by atoms with Crippen LogP contribution >= 0.6 is 15.9 Å². The molecule has 6 heteroatoms. The average molecular weight is 242 g/mol. The Kier molecular flexibility index (Phi) is 1.77. The maximum absolute atomic E-state index is 10.6. The van der Waals surface area contributed by atoms with Crippen molar-refractivity contribution in [3.8, 4) is 0 Å². The number of nitrogens with one attached hydrogen (secondary N) is 1. The second-order valence-corrected chi connectivity index (χ2v) is 3.30. The van der Waals surface area contributed by atoms with E-state index in [9.17, 15) is 10.1 Å². The van der Waals surface area contributed by atoms with E-state index in [-0.39, 0.29) is 5.69 Å². The summed E-state index contributed by atoms with van der Waals surface area (Å²) in [4.78, 5) is 17.0. The molecule has 2 aromatic rings. The topological polar surface area (TPSA) is 71.8 Å². The molecular formula is C7H4BrN3O2. The summed E-state index contributed by atoms with van der Waals surface area (Å²) in [6.45, 7) is 0. The summed E-state index contributed by atoms with van der Waals surface area (Å²) in [6.07, 6.45) is 3.04. The van der Waals surface area contributed by atoms with Gasteiger partial charge in [0.05, 0.1) is 9.40 Å². The molecule has 2 heterocycles. The SMILES string of the molecule is O=[N+]([O-])c1ccnc2[nH]cc(Br)c12. The summed E-state index contributed by atoms with van der Waals surface area (Å²) in [6, 6.07) is 1.38. The number of halogens is 1. The summed E-state index contributed by atoms with van der Waals surface area (Å²) < 4.78 is 0.655. The molecular weight excluding hydrogens is 238 g/mol. The Labute approximate surface area is 81.1 Å². The molecule has 0 radical (unpaired) electrons. The van der Waals surface area contributed by atoms with Crippen molar-refractivity contribution in [3.63, 3.8) is 0 Å². The third-order valence-electron chi connectivity index (χ3n) is 1.70. The lowest BCUT2D eigenvalue weighted by atomic mass is 10.3. The maximum atomic E-state index is 10.6. The number of aromatic nitrogens is 2. The lowest BCUT2D eigenvalue weighted by molar-refractivity contribution is -0.383. The van der Waals surface area contributed by atoms with Crippen molar-refractivity contribution < 1.29 is 4.92 Å². The quantitative estimate of drug-likeness (QED) is 0.615. The van der Waals surface area contributed by atoms with E-state index < -0.39 is 4.92 Å². The van der Waals surface area contributed by atoms with Gasteiger partial charge in [0.2, 0.25) is 0 Å². The fourth-order valence-corrected chi connectivity index (χ4v) is 1.66. The van der Waals surface area contributed by atoms with Crippen molar-refractivity contribution in [2.24, 2.45) is 0 Å². The first-order valence-electron chi connectivity index (χ1n) is 3.46. The van der Waals surface area contributed by atoms with Gasteiger partial charge in [0, 0.05) is 18.5 Å². The monoisotopic (exact) mass is 241 g/mol. The van der Waals surface area contributed by atoms with E-state index in [1.807, 2.05) is 0 Å². The number of hydrogen-bond donors (Lipinski definition) is 1. The Hall–Kier alpha value is -1.43. The second kappa shape index (κ2) is 2.81. The van der Waals surface area contributed by atoms with Crippen LogP contribution < -0.4 is 0 Å². The number of rotatable bonds is 1. The number of H-pyrrole nitrogens is 1. The van der Waals surface area contributed by atoms with E-state index in [1.165, 1.54) is 12.3 Å². The van der Waals surface area contributed by atoms with Crippen LogP contribution in [0.2, 0.25) is 0 Å². The van der Waals surface area contributed by atoms with Gasteiger partial charge in [0.15, 0.2) is 0 Å². The number of nitro groups is 1. The Morgan fingerprint density at radius 1 is 1.62 bits per heavy atom. The number of fused-ring (bicyclic) bond motifs is 1. The van der Waals surface area contributed by atoms with Gasteiger partial charge in [0.1, 0.15) is 11.0 Å². The molecule has 0 bridgehead atoms. The van der Waals surface area contributed by atoms with Crippen LogP contribution in [-0.4, -0.2) is 14.9 Å². The lowest BCUT2D eigenvalue weighted by Gasteiger charge is -1.92. The normalized spacial score (nSPS) is 10.5. The van der Waals surface area contributed by atoms with Gasteiger partial charge in [-0.25, -0.2) is 4.98 Å². The zero-order valence-electron chi connectivity index (χ0n) is 6.32. The van der Waals surface area contributed by atoms with E-state index >= 15 is 0 Å². The van der Waals surface area contributed by atoms with Gasteiger partial charge in [0.25, 0.3) is 5.69 Å². The molecule has 0 aromatic carbocycles. The van der Waals surface area contributed by atoms with Crippen molar-refractivity contribution >= 4 is 32.7 Å². The second-order valence-electron chi connectivity index (χ2n) is 2.45. The average Bonchev–Trinajstić information content (AvgIpc) is 2.48. The molecule has 0 spiro atoms. The van der Waals surface area contributed by atoms with Gasteiger partial charge < -0.3 is 4.98 Å². The van der Waals surface area contributed by atoms with E-state index in [0.717, 1.165) is 0 Å². The van der Waals surface area contributed by atoms with Gasteiger partial charge in [-0.1, -0.05) is 0 Å². The first kappa shape index (κ1) is 8.18. The molecule has 0 saturated carbocycles. The van der Waals surface area contributed by atoms with Crippen LogP contribution in [0.5, 0.6) is 0 Å². The standard InChI is InChI=1S/C7H4BrN3O2/c8-4-3-10-7-6(4)5(11(12)13)1-2-9-7/h1-3H,(H,9,10). The molecule has 5 nitrogen and oxygen atoms in total. The van der Waals surface area contributed by atoms with Crippen LogP contribution in [0.15, 0.2) is 22.9 Å². The van der Waals surface area contributed by atoms with E-state index in [4.69, 9.17) is 0 Å². The molecule has 0 amide bonds. The zero-order valence-corrected chi connectivity index (χ0v) is 7.91. The fourth-order valence-electron chi connectivity index (χ4n) is 1.15. The van der Waals surface area contributed by atoms with Gasteiger partial charge in [-0.3, -0.25) is 10.1 Å². The predicted molar refractivity (Wildman–Crippen MR) is 50.4 cm³/mol. The predicted octanol–water partition coefficient (Wildman–Crippen LogP) is 2.23. The minimum atomic E-state index is -0.428. The van der Waals surface area contributed by atoms with Gasteiger partial charge in [-0.05, 0) is 15.9 Å². The summed E-state index contributed by atoms with van der Waals surface area (Å²) in [5.41, 5.74) is 0.569. The molecule has 0 aliphatic rings. The highest BCUT2D eigenvalue weighted by Gasteiger charge is 2.15. The minimum absolute atomic E-state index is 0.0538. The molecule has 1 N–H and O–H groups in total. The Morgan fingerprint density at radius 2 is 2.38 bits per heavy atom. The maximum Gasteiger partial charge on any atom is 0.283 e. The van der Waals surface area contributed by atoms with Crippen molar-refractivity contribution in [3.05, 3.63) is 33.0 Å². The molecule has 0 atom stereocenters. The molecule has 2 aromatic heterocycles. The Bertz CT molecular complexity index is 480. The van der Waals surface area contributed by atoms with Crippen LogP contribution in [-0.2, 0) is 0 Å². The third kappa shape index (κ3) is 1.19. The van der Waals surface area contributed by atoms with E-state index in [2.05, 4.69) is 25.9 Å². The molecule has 13 heavy (non-hydrogen) atoms. The highest BCUT2D eigenvalue weighted by atomic mass is 79.9. The summed E-state index contributed by atoms with van der Waals surface area (Å²) in [5, 5.41) is 11.1. The third-order valence-corrected chi connectivity index (χ3v) is 2.33. The zero-order chi connectivity index (χ0) is 9.42. The molecule has 0 aliphatic carbocycles. The summed E-state index contributed by atoms with van der Waals surface area (Å²) in [7, 11) is 0. The molecule has 0 saturated heterocycles. The van der Waals surface area contributed by atoms with Crippen molar-refractivity contribution in [2.75, 3.05) is 0 Å². The molecule has 0 unspecified atom stereocenters. The van der Waals surface area contributed by atoms with Crippen molar-refractivity contribution in [1.82, 2.24) is 9.97 Å². The number of aromatic amines is 1. The molecule has 2 rings (SSSR count). The smallest absolute Gasteiger partial charge is 0.283 e. The number of nitrogens with zero attached hydrogens (tertiary/aromatic N) is 2. The van der Waals surface area contributed by atoms with E-state index in [1.54, 1.807) is 6.20 Å². The molecule has 66 valence electrons. The Balaban J connectivity index is 2.88. The van der Waals surface area contributed by atoms with Crippen LogP contribution in [0.25, 0.3) is 11.0 Å². The number of pyridine rings is 1. The highest BCUT2D eigenvalue weighted by molar-refractivity contribution is 9.10. The fraction of sp³-hybridized carbons (Fsp3) is 0. The first-order chi connectivity index (χ1) is 6.20. The Morgan fingerprint density at radius 3 is 3.08 bits per heavy atom. The highest BCUT2D eigenvalue weighted by Crippen LogP contribution is 2.30. The lowest BCUT2D eigenvalue weighted by Crippen LogP contribution is -1.89. The van der Waals surface area contributed by atoms with Gasteiger partial charge >= 0.3 is 0 Å². The van der Waals surface area contributed by atoms with Crippen LogP contribution in [0.3, 0.4) is 0 Å². The minimum Gasteiger partial charge on any atom is -0.345 e. The van der Waals surface area contributed by atoms with Gasteiger partial charge in [-0.2, -0.15) is 0 Å². The van der Waals surface area contributed by atoms with Crippen LogP contribution in [0.4, 0.5) is 5.69 Å². The largest absolute Gasteiger partial charge is 0.345 e. The van der Waals surface area contributed by atoms with Gasteiger partial charge in [-0.15, -0.1) is 0 Å². The summed E-state index contributed by atoms with van der Waals surface area (Å²) in [5.74, 6) is 0. The molecule has 0 fully saturated rings. The number of hydrogen-bond acceptors (Lipinski definition) is 3. The first-order valence-corrected chi connectivity index (χ1v) is 4.25. The van der Waals surface area contributed by atoms with E-state index in [0.29, 0.717) is 15.5 Å². The summed E-state index contributed by atoms with van der Waals surface area (Å²) >= 11 is 3.21. The molecule has 0 aliphatic heterocycles.